The fourth-order valence-corrected chi connectivity index (χ4v) is 4.24. The van der Waals surface area contributed by atoms with Crippen molar-refractivity contribution in [1.82, 2.24) is 5.32 Å². The standard InChI is InChI=1S/C31H30F6N2O/c1-2-3-4-5-9-16-30(23-12-14-25(32)15-13-23,39-21-27(38)17-22-10-7-6-8-11-22)24-18-26(33)20-28(19-24)40-31(36,37)29(34)35/h2-15,18-20,27,29,39H,1,16-17,21,38H2/b4-3-,9-5+/t27-,30+/m0/s1. The van der Waals surface area contributed by atoms with Gasteiger partial charge >= 0.3 is 12.5 Å². The summed E-state index contributed by atoms with van der Waals surface area (Å²) in [6.07, 6.45) is 0.0190. The van der Waals surface area contributed by atoms with Crippen molar-refractivity contribution < 1.29 is 31.1 Å². The van der Waals surface area contributed by atoms with Gasteiger partial charge in [-0.05, 0) is 53.8 Å². The average molecular weight is 561 g/mol. The van der Waals surface area contributed by atoms with Crippen LogP contribution in [0.1, 0.15) is 23.1 Å². The number of hydrogen-bond acceptors (Lipinski definition) is 3. The monoisotopic (exact) mass is 560 g/mol. The lowest BCUT2D eigenvalue weighted by molar-refractivity contribution is -0.253. The van der Waals surface area contributed by atoms with Gasteiger partial charge < -0.3 is 15.8 Å². The Kier molecular flexibility index (Phi) is 10.8. The summed E-state index contributed by atoms with van der Waals surface area (Å²) < 4.78 is 86.1. The molecule has 0 heterocycles. The number of benzene rings is 3. The minimum absolute atomic E-state index is 0.0865. The number of allylic oxidation sites excluding steroid dienone is 4. The maximum atomic E-state index is 14.8. The number of nitrogens with two attached hydrogens (primary N) is 1. The van der Waals surface area contributed by atoms with Crippen molar-refractivity contribution in [3.8, 4) is 5.75 Å². The van der Waals surface area contributed by atoms with Gasteiger partial charge in [-0.1, -0.05) is 79.4 Å². The molecule has 212 valence electrons. The maximum Gasteiger partial charge on any atom is 0.461 e. The maximum absolute atomic E-state index is 14.8. The summed E-state index contributed by atoms with van der Waals surface area (Å²) in [5, 5.41) is 3.34. The van der Waals surface area contributed by atoms with Crippen LogP contribution in [-0.2, 0) is 12.0 Å². The number of alkyl halides is 4. The highest BCUT2D eigenvalue weighted by molar-refractivity contribution is 5.43. The molecule has 0 bridgehead atoms. The molecule has 0 unspecified atom stereocenters. The molecule has 3 rings (SSSR count). The molecule has 0 fully saturated rings. The van der Waals surface area contributed by atoms with Crippen LogP contribution in [0, 0.1) is 11.6 Å². The Labute approximate surface area is 229 Å². The molecule has 0 spiro atoms. The summed E-state index contributed by atoms with van der Waals surface area (Å²) in [5.74, 6) is -2.31. The van der Waals surface area contributed by atoms with Gasteiger partial charge in [-0.3, -0.25) is 0 Å². The van der Waals surface area contributed by atoms with Crippen molar-refractivity contribution in [2.45, 2.75) is 37.0 Å². The Morgan fingerprint density at radius 1 is 0.875 bits per heavy atom. The Hall–Kier alpha value is -3.82. The second kappa shape index (κ2) is 14.0. The van der Waals surface area contributed by atoms with Crippen molar-refractivity contribution in [2.75, 3.05) is 6.54 Å². The molecule has 0 aliphatic carbocycles. The fourth-order valence-electron chi connectivity index (χ4n) is 4.24. The first-order valence-corrected chi connectivity index (χ1v) is 12.5. The van der Waals surface area contributed by atoms with E-state index in [0.29, 0.717) is 18.1 Å². The zero-order valence-corrected chi connectivity index (χ0v) is 21.6. The van der Waals surface area contributed by atoms with Crippen molar-refractivity contribution in [1.29, 1.82) is 0 Å². The molecule has 0 aliphatic heterocycles. The molecule has 0 saturated heterocycles. The molecular formula is C31H30F6N2O. The van der Waals surface area contributed by atoms with Crippen molar-refractivity contribution in [3.63, 3.8) is 0 Å². The SMILES string of the molecule is C=C/C=C\C=C\C[C@@](NC[C@@H](N)Cc1ccccc1)(c1ccc(F)cc1)c1cc(F)cc(OC(F)(F)C(F)F)c1. The molecular weight excluding hydrogens is 530 g/mol. The average Bonchev–Trinajstić information content (AvgIpc) is 2.91. The normalized spacial score (nSPS) is 14.5. The molecule has 0 amide bonds. The summed E-state index contributed by atoms with van der Waals surface area (Å²) in [6.45, 7) is 3.77. The molecule has 40 heavy (non-hydrogen) atoms. The molecule has 0 aromatic heterocycles. The number of ether oxygens (including phenoxy) is 1. The van der Waals surface area contributed by atoms with Gasteiger partial charge in [0.15, 0.2) is 0 Å². The van der Waals surface area contributed by atoms with Gasteiger partial charge in [0.05, 0.1) is 5.54 Å². The number of nitrogens with one attached hydrogen (secondary N) is 1. The Morgan fingerprint density at radius 3 is 2.23 bits per heavy atom. The van der Waals surface area contributed by atoms with Gasteiger partial charge in [-0.15, -0.1) is 0 Å². The molecule has 0 radical (unpaired) electrons. The first-order valence-electron chi connectivity index (χ1n) is 12.5. The lowest BCUT2D eigenvalue weighted by Crippen LogP contribution is -2.49. The van der Waals surface area contributed by atoms with E-state index in [1.165, 1.54) is 24.3 Å². The van der Waals surface area contributed by atoms with Crippen LogP contribution in [0.25, 0.3) is 0 Å². The minimum atomic E-state index is -4.84. The van der Waals surface area contributed by atoms with Crippen LogP contribution in [0.3, 0.4) is 0 Å². The molecule has 0 aliphatic rings. The largest absolute Gasteiger partial charge is 0.461 e. The van der Waals surface area contributed by atoms with E-state index >= 15 is 0 Å². The van der Waals surface area contributed by atoms with Crippen molar-refractivity contribution in [3.05, 3.63) is 138 Å². The van der Waals surface area contributed by atoms with E-state index in [9.17, 15) is 26.3 Å². The first-order chi connectivity index (χ1) is 19.1. The summed E-state index contributed by atoms with van der Waals surface area (Å²) in [4.78, 5) is 0. The van der Waals surface area contributed by atoms with Gasteiger partial charge in [0, 0.05) is 18.7 Å². The molecule has 0 saturated carbocycles. The van der Waals surface area contributed by atoms with Gasteiger partial charge in [-0.25, -0.2) is 8.78 Å². The van der Waals surface area contributed by atoms with Crippen LogP contribution >= 0.6 is 0 Å². The third-order valence-corrected chi connectivity index (χ3v) is 6.13. The highest BCUT2D eigenvalue weighted by atomic mass is 19.3. The fraction of sp³-hybridized carbons (Fsp3) is 0.226. The van der Waals surface area contributed by atoms with Crippen LogP contribution in [0.4, 0.5) is 26.3 Å². The Balaban J connectivity index is 2.10. The number of halogens is 6. The summed E-state index contributed by atoms with van der Waals surface area (Å²) >= 11 is 0. The predicted molar refractivity (Wildman–Crippen MR) is 144 cm³/mol. The lowest BCUT2D eigenvalue weighted by atomic mass is 9.79. The Bertz CT molecular complexity index is 1290. The number of rotatable bonds is 14. The summed E-state index contributed by atoms with van der Waals surface area (Å²) in [6, 6.07) is 17.1. The van der Waals surface area contributed by atoms with Crippen LogP contribution in [0.2, 0.25) is 0 Å². The molecule has 2 atom stereocenters. The minimum Gasteiger partial charge on any atom is -0.428 e. The Morgan fingerprint density at radius 2 is 1.57 bits per heavy atom. The highest BCUT2D eigenvalue weighted by Crippen LogP contribution is 2.38. The summed E-state index contributed by atoms with van der Waals surface area (Å²) in [7, 11) is 0. The van der Waals surface area contributed by atoms with Crippen molar-refractivity contribution >= 4 is 0 Å². The van der Waals surface area contributed by atoms with E-state index < -0.39 is 41.5 Å². The smallest absolute Gasteiger partial charge is 0.428 e. The third kappa shape index (κ3) is 8.34. The van der Waals surface area contributed by atoms with Crippen LogP contribution in [0.15, 0.2) is 110 Å². The summed E-state index contributed by atoms with van der Waals surface area (Å²) in [5.41, 5.74) is 6.59. The molecule has 3 aromatic carbocycles. The van der Waals surface area contributed by atoms with Crippen LogP contribution in [-0.4, -0.2) is 25.1 Å². The van der Waals surface area contributed by atoms with Gasteiger partial charge in [0.25, 0.3) is 0 Å². The third-order valence-electron chi connectivity index (χ3n) is 6.13. The van der Waals surface area contributed by atoms with E-state index in [0.717, 1.165) is 17.7 Å². The molecule has 9 heteroatoms. The van der Waals surface area contributed by atoms with Gasteiger partial charge in [0.2, 0.25) is 0 Å². The second-order valence-electron chi connectivity index (χ2n) is 9.14. The van der Waals surface area contributed by atoms with Gasteiger partial charge in [0.1, 0.15) is 17.4 Å². The zero-order valence-electron chi connectivity index (χ0n) is 21.6. The highest BCUT2D eigenvalue weighted by Gasteiger charge is 2.44. The predicted octanol–water partition coefficient (Wildman–Crippen LogP) is 7.29. The second-order valence-corrected chi connectivity index (χ2v) is 9.14. The van der Waals surface area contributed by atoms with Crippen LogP contribution < -0.4 is 15.8 Å². The van der Waals surface area contributed by atoms with E-state index in [1.54, 1.807) is 30.4 Å². The van der Waals surface area contributed by atoms with E-state index in [1.807, 2.05) is 30.3 Å². The lowest BCUT2D eigenvalue weighted by Gasteiger charge is -2.37. The van der Waals surface area contributed by atoms with E-state index in [2.05, 4.69) is 16.6 Å². The quantitative estimate of drug-likeness (QED) is 0.161. The molecule has 3 aromatic rings. The van der Waals surface area contributed by atoms with Crippen LogP contribution in [0.5, 0.6) is 5.75 Å². The first kappa shape index (κ1) is 30.7. The molecule has 3 nitrogen and oxygen atoms in total. The van der Waals surface area contributed by atoms with Gasteiger partial charge in [-0.2, -0.15) is 17.6 Å². The van der Waals surface area contributed by atoms with E-state index in [4.69, 9.17) is 5.73 Å². The number of hydrogen-bond donors (Lipinski definition) is 2. The molecule has 3 N–H and O–H groups in total. The topological polar surface area (TPSA) is 47.3 Å². The van der Waals surface area contributed by atoms with Crippen molar-refractivity contribution in [2.24, 2.45) is 5.73 Å². The van der Waals surface area contributed by atoms with E-state index in [-0.39, 0.29) is 18.5 Å². The zero-order chi connectivity index (χ0) is 29.2.